The summed E-state index contributed by atoms with van der Waals surface area (Å²) in [5, 5.41) is 12.7. The van der Waals surface area contributed by atoms with Gasteiger partial charge in [0, 0.05) is 12.6 Å². The third kappa shape index (κ3) is 3.87. The van der Waals surface area contributed by atoms with Gasteiger partial charge in [0.2, 0.25) is 5.91 Å². The molecule has 0 aliphatic carbocycles. The maximum absolute atomic E-state index is 13.3. The first-order chi connectivity index (χ1) is 13.5. The van der Waals surface area contributed by atoms with Gasteiger partial charge < -0.3 is 9.88 Å². The minimum absolute atomic E-state index is 0.138. The van der Waals surface area contributed by atoms with Gasteiger partial charge >= 0.3 is 0 Å². The van der Waals surface area contributed by atoms with Gasteiger partial charge in [-0.25, -0.2) is 9.37 Å². The van der Waals surface area contributed by atoms with Gasteiger partial charge in [-0.2, -0.15) is 0 Å². The van der Waals surface area contributed by atoms with Gasteiger partial charge in [0.25, 0.3) is 0 Å². The zero-order valence-electron chi connectivity index (χ0n) is 14.5. The summed E-state index contributed by atoms with van der Waals surface area (Å²) in [6.45, 7) is 0. The van der Waals surface area contributed by atoms with Gasteiger partial charge in [-0.1, -0.05) is 46.8 Å². The van der Waals surface area contributed by atoms with Crippen LogP contribution < -0.4 is 5.32 Å². The van der Waals surface area contributed by atoms with Crippen LogP contribution in [0.1, 0.15) is 0 Å². The number of halogens is 2. The van der Waals surface area contributed by atoms with Crippen molar-refractivity contribution in [2.24, 2.45) is 7.05 Å². The Hall–Kier alpha value is -2.49. The highest BCUT2D eigenvalue weighted by Gasteiger charge is 2.15. The van der Waals surface area contributed by atoms with Crippen molar-refractivity contribution in [1.82, 2.24) is 19.7 Å². The van der Waals surface area contributed by atoms with Crippen LogP contribution in [0, 0.1) is 5.82 Å². The van der Waals surface area contributed by atoms with Crippen LogP contribution in [0.4, 0.5) is 9.52 Å². The normalized spacial score (nSPS) is 11.1. The van der Waals surface area contributed by atoms with Gasteiger partial charge in [0.05, 0.1) is 21.0 Å². The topological polar surface area (TPSA) is 72.7 Å². The van der Waals surface area contributed by atoms with E-state index in [1.165, 1.54) is 35.2 Å². The second-order valence-electron chi connectivity index (χ2n) is 5.81. The van der Waals surface area contributed by atoms with E-state index in [-0.39, 0.29) is 17.5 Å². The molecule has 0 aliphatic heterocycles. The zero-order chi connectivity index (χ0) is 19.7. The van der Waals surface area contributed by atoms with Crippen molar-refractivity contribution < 1.29 is 9.18 Å². The summed E-state index contributed by atoms with van der Waals surface area (Å²) in [6, 6.07) is 11.7. The van der Waals surface area contributed by atoms with Crippen LogP contribution in [0.25, 0.3) is 21.6 Å². The molecule has 2 aromatic heterocycles. The predicted molar refractivity (Wildman–Crippen MR) is 110 cm³/mol. The quantitative estimate of drug-likeness (QED) is 0.465. The van der Waals surface area contributed by atoms with Crippen molar-refractivity contribution in [2.45, 2.75) is 5.16 Å². The number of hydrogen-bond donors (Lipinski definition) is 1. The fraction of sp³-hybridized carbons (Fsp3) is 0.111. The lowest BCUT2D eigenvalue weighted by Gasteiger charge is -2.05. The molecule has 0 aliphatic rings. The lowest BCUT2D eigenvalue weighted by Crippen LogP contribution is -2.14. The Bertz CT molecular complexity index is 1180. The SMILES string of the molecule is Cn1c(SCC(=O)Nc2nc3ccc(F)cc3s2)nnc1-c1ccccc1Cl. The van der Waals surface area contributed by atoms with Crippen molar-refractivity contribution in [3.05, 3.63) is 53.3 Å². The number of carbonyl (C=O) groups excluding carboxylic acids is 1. The fourth-order valence-electron chi connectivity index (χ4n) is 2.56. The van der Waals surface area contributed by atoms with E-state index < -0.39 is 0 Å². The smallest absolute Gasteiger partial charge is 0.236 e. The minimum atomic E-state index is -0.332. The molecule has 0 atom stereocenters. The van der Waals surface area contributed by atoms with Crippen molar-refractivity contribution in [1.29, 1.82) is 0 Å². The van der Waals surface area contributed by atoms with E-state index in [4.69, 9.17) is 11.6 Å². The number of anilines is 1. The van der Waals surface area contributed by atoms with Crippen molar-refractivity contribution in [3.8, 4) is 11.4 Å². The van der Waals surface area contributed by atoms with E-state index in [1.54, 1.807) is 16.7 Å². The van der Waals surface area contributed by atoms with Gasteiger partial charge in [-0.15, -0.1) is 10.2 Å². The Kier molecular flexibility index (Phi) is 5.29. The molecular formula is C18H13ClFN5OS2. The van der Waals surface area contributed by atoms with Crippen LogP contribution >= 0.6 is 34.7 Å². The van der Waals surface area contributed by atoms with Crippen LogP contribution in [0.5, 0.6) is 0 Å². The van der Waals surface area contributed by atoms with Gasteiger partial charge in [0.1, 0.15) is 5.82 Å². The van der Waals surface area contributed by atoms with Crippen molar-refractivity contribution in [3.63, 3.8) is 0 Å². The van der Waals surface area contributed by atoms with Gasteiger partial charge in [-0.3, -0.25) is 4.79 Å². The zero-order valence-corrected chi connectivity index (χ0v) is 16.9. The summed E-state index contributed by atoms with van der Waals surface area (Å²) in [4.78, 5) is 16.5. The fourth-order valence-corrected chi connectivity index (χ4v) is 4.39. The molecule has 1 amide bonds. The number of carbonyl (C=O) groups is 1. The Labute approximate surface area is 172 Å². The lowest BCUT2D eigenvalue weighted by atomic mass is 10.2. The van der Waals surface area contributed by atoms with Crippen molar-refractivity contribution >= 4 is 56.0 Å². The summed E-state index contributed by atoms with van der Waals surface area (Å²) in [6.07, 6.45) is 0. The molecule has 4 rings (SSSR count). The summed E-state index contributed by atoms with van der Waals surface area (Å²) >= 11 is 8.70. The molecule has 6 nitrogen and oxygen atoms in total. The number of hydrogen-bond acceptors (Lipinski definition) is 6. The molecule has 2 aromatic carbocycles. The van der Waals surface area contributed by atoms with E-state index in [1.807, 2.05) is 25.2 Å². The van der Waals surface area contributed by atoms with Gasteiger partial charge in [-0.05, 0) is 30.3 Å². The first-order valence-corrected chi connectivity index (χ1v) is 10.3. The number of thiazole rings is 1. The molecule has 142 valence electrons. The van der Waals surface area contributed by atoms with Crippen LogP contribution in [-0.4, -0.2) is 31.4 Å². The maximum Gasteiger partial charge on any atom is 0.236 e. The molecule has 28 heavy (non-hydrogen) atoms. The van der Waals surface area contributed by atoms with Gasteiger partial charge in [0.15, 0.2) is 16.1 Å². The number of nitrogens with one attached hydrogen (secondary N) is 1. The number of fused-ring (bicyclic) bond motifs is 1. The second kappa shape index (κ2) is 7.86. The van der Waals surface area contributed by atoms with Crippen LogP contribution in [0.2, 0.25) is 5.02 Å². The molecule has 0 unspecified atom stereocenters. The Balaban J connectivity index is 1.43. The highest BCUT2D eigenvalue weighted by molar-refractivity contribution is 7.99. The molecule has 2 heterocycles. The summed E-state index contributed by atoms with van der Waals surface area (Å²) < 4.78 is 15.7. The van der Waals surface area contributed by atoms with E-state index in [0.717, 1.165) is 5.56 Å². The molecule has 0 spiro atoms. The van der Waals surface area contributed by atoms with Crippen LogP contribution in [0.15, 0.2) is 47.6 Å². The Morgan fingerprint density at radius 3 is 2.93 bits per heavy atom. The van der Waals surface area contributed by atoms with Crippen molar-refractivity contribution in [2.75, 3.05) is 11.1 Å². The number of amides is 1. The lowest BCUT2D eigenvalue weighted by molar-refractivity contribution is -0.113. The monoisotopic (exact) mass is 433 g/mol. The molecule has 0 saturated heterocycles. The highest BCUT2D eigenvalue weighted by atomic mass is 35.5. The largest absolute Gasteiger partial charge is 0.305 e. The molecule has 0 bridgehead atoms. The van der Waals surface area contributed by atoms with E-state index in [0.29, 0.717) is 31.4 Å². The second-order valence-corrected chi connectivity index (χ2v) is 8.19. The number of aromatic nitrogens is 4. The first-order valence-electron chi connectivity index (χ1n) is 8.14. The van der Waals surface area contributed by atoms with Crippen LogP contribution in [0.3, 0.4) is 0 Å². The summed E-state index contributed by atoms with van der Waals surface area (Å²) in [5.74, 6) is 0.202. The van der Waals surface area contributed by atoms with Crippen LogP contribution in [-0.2, 0) is 11.8 Å². The minimum Gasteiger partial charge on any atom is -0.305 e. The van der Waals surface area contributed by atoms with E-state index >= 15 is 0 Å². The molecule has 1 N–H and O–H groups in total. The molecule has 0 saturated carbocycles. The average molecular weight is 434 g/mol. The molecule has 0 fully saturated rings. The number of nitrogens with zero attached hydrogens (tertiary/aromatic N) is 4. The highest BCUT2D eigenvalue weighted by Crippen LogP contribution is 2.29. The Morgan fingerprint density at radius 2 is 2.11 bits per heavy atom. The third-order valence-corrected chi connectivity index (χ3v) is 6.16. The first kappa shape index (κ1) is 18.9. The summed E-state index contributed by atoms with van der Waals surface area (Å²) in [7, 11) is 1.82. The molecular weight excluding hydrogens is 421 g/mol. The number of thioether (sulfide) groups is 1. The van der Waals surface area contributed by atoms with E-state index in [2.05, 4.69) is 20.5 Å². The average Bonchev–Trinajstić information content (AvgIpc) is 3.23. The maximum atomic E-state index is 13.3. The molecule has 0 radical (unpaired) electrons. The standard InChI is InChI=1S/C18H13ClFN5OS2/c1-25-16(11-4-2-3-5-12(11)19)23-24-18(25)27-9-15(26)22-17-21-13-7-6-10(20)8-14(13)28-17/h2-8H,9H2,1H3,(H,21,22,26). The number of benzene rings is 2. The van der Waals surface area contributed by atoms with E-state index in [9.17, 15) is 9.18 Å². The third-order valence-electron chi connectivity index (χ3n) is 3.88. The molecule has 10 heteroatoms. The molecule has 4 aromatic rings. The number of rotatable bonds is 5. The predicted octanol–water partition coefficient (Wildman–Crippen LogP) is 4.62. The summed E-state index contributed by atoms with van der Waals surface area (Å²) in [5.41, 5.74) is 1.42. The Morgan fingerprint density at radius 1 is 1.29 bits per heavy atom.